The van der Waals surface area contributed by atoms with Crippen LogP contribution in [-0.4, -0.2) is 15.5 Å². The van der Waals surface area contributed by atoms with Crippen molar-refractivity contribution < 1.29 is 4.79 Å². The second kappa shape index (κ2) is 7.24. The van der Waals surface area contributed by atoms with E-state index in [0.29, 0.717) is 10.8 Å². The average molecular weight is 390 g/mol. The molecule has 0 aliphatic rings. The van der Waals surface area contributed by atoms with E-state index in [0.717, 1.165) is 34.3 Å². The standard InChI is InChI=1S/C23H23N3OS/c1-5-26-20-9-7-6-8-18(20)16(4)21(26)22(27)25-23-24-19(13-28-23)17-11-10-14(2)15(3)12-17/h6-13H,5H2,1-4H3,(H,24,25,27). The third-order valence-electron chi connectivity index (χ3n) is 5.28. The molecule has 0 fully saturated rings. The van der Waals surface area contributed by atoms with Gasteiger partial charge in [-0.25, -0.2) is 4.98 Å². The zero-order valence-electron chi connectivity index (χ0n) is 16.5. The molecular formula is C23H23N3OS. The highest BCUT2D eigenvalue weighted by Gasteiger charge is 2.20. The van der Waals surface area contributed by atoms with E-state index in [1.54, 1.807) is 0 Å². The van der Waals surface area contributed by atoms with Crippen molar-refractivity contribution in [2.75, 3.05) is 5.32 Å². The van der Waals surface area contributed by atoms with E-state index in [-0.39, 0.29) is 5.91 Å². The minimum Gasteiger partial charge on any atom is -0.337 e. The van der Waals surface area contributed by atoms with Gasteiger partial charge in [-0.3, -0.25) is 10.1 Å². The minimum atomic E-state index is -0.114. The van der Waals surface area contributed by atoms with Gasteiger partial charge in [-0.2, -0.15) is 0 Å². The van der Waals surface area contributed by atoms with Gasteiger partial charge in [0, 0.05) is 28.4 Å². The van der Waals surface area contributed by atoms with Crippen LogP contribution in [0.15, 0.2) is 47.8 Å². The molecule has 2 aromatic carbocycles. The van der Waals surface area contributed by atoms with E-state index in [1.165, 1.54) is 22.5 Å². The molecule has 0 unspecified atom stereocenters. The lowest BCUT2D eigenvalue weighted by Crippen LogP contribution is -2.17. The van der Waals surface area contributed by atoms with Crippen LogP contribution in [0.1, 0.15) is 34.1 Å². The van der Waals surface area contributed by atoms with Crippen LogP contribution in [0.5, 0.6) is 0 Å². The van der Waals surface area contributed by atoms with Crippen molar-refractivity contribution in [1.82, 2.24) is 9.55 Å². The number of fused-ring (bicyclic) bond motifs is 1. The number of rotatable bonds is 4. The van der Waals surface area contributed by atoms with Gasteiger partial charge in [-0.05, 0) is 56.5 Å². The molecule has 0 saturated heterocycles. The molecule has 1 amide bonds. The number of nitrogens with one attached hydrogen (secondary N) is 1. The van der Waals surface area contributed by atoms with Crippen LogP contribution in [-0.2, 0) is 6.54 Å². The Morgan fingerprint density at radius 1 is 1.11 bits per heavy atom. The molecule has 142 valence electrons. The van der Waals surface area contributed by atoms with Gasteiger partial charge >= 0.3 is 0 Å². The lowest BCUT2D eigenvalue weighted by molar-refractivity contribution is 0.101. The van der Waals surface area contributed by atoms with Gasteiger partial charge in [0.1, 0.15) is 5.69 Å². The Balaban J connectivity index is 1.65. The average Bonchev–Trinajstić information content (AvgIpc) is 3.26. The molecule has 0 radical (unpaired) electrons. The Kier molecular flexibility index (Phi) is 4.77. The summed E-state index contributed by atoms with van der Waals surface area (Å²) in [7, 11) is 0. The summed E-state index contributed by atoms with van der Waals surface area (Å²) in [5.41, 5.74) is 7.24. The van der Waals surface area contributed by atoms with Gasteiger partial charge in [0.2, 0.25) is 0 Å². The first-order valence-corrected chi connectivity index (χ1v) is 10.3. The highest BCUT2D eigenvalue weighted by Crippen LogP contribution is 2.29. The Morgan fingerprint density at radius 2 is 1.89 bits per heavy atom. The number of hydrogen-bond donors (Lipinski definition) is 1. The lowest BCUT2D eigenvalue weighted by Gasteiger charge is -2.08. The summed E-state index contributed by atoms with van der Waals surface area (Å²) in [4.78, 5) is 17.7. The van der Waals surface area contributed by atoms with Crippen LogP contribution < -0.4 is 5.32 Å². The molecule has 0 saturated carbocycles. The fourth-order valence-electron chi connectivity index (χ4n) is 3.62. The molecule has 28 heavy (non-hydrogen) atoms. The number of benzene rings is 2. The largest absolute Gasteiger partial charge is 0.337 e. The Hall–Kier alpha value is -2.92. The van der Waals surface area contributed by atoms with Crippen molar-refractivity contribution in [3.8, 4) is 11.3 Å². The first-order chi connectivity index (χ1) is 13.5. The smallest absolute Gasteiger partial charge is 0.274 e. The van der Waals surface area contributed by atoms with Gasteiger partial charge < -0.3 is 4.57 Å². The second-order valence-corrected chi connectivity index (χ2v) is 7.88. The van der Waals surface area contributed by atoms with Crippen molar-refractivity contribution >= 4 is 33.3 Å². The molecule has 0 spiro atoms. The quantitative estimate of drug-likeness (QED) is 0.468. The molecule has 2 heterocycles. The maximum absolute atomic E-state index is 13.1. The number of aryl methyl sites for hydroxylation is 4. The number of anilines is 1. The second-order valence-electron chi connectivity index (χ2n) is 7.03. The number of carbonyl (C=O) groups excluding carboxylic acids is 1. The molecule has 5 heteroatoms. The maximum atomic E-state index is 13.1. The predicted octanol–water partition coefficient (Wildman–Crippen LogP) is 5.96. The molecule has 2 aromatic heterocycles. The first-order valence-electron chi connectivity index (χ1n) is 9.42. The normalized spacial score (nSPS) is 11.1. The molecule has 0 aliphatic carbocycles. The Labute approximate surface area is 168 Å². The highest BCUT2D eigenvalue weighted by atomic mass is 32.1. The van der Waals surface area contributed by atoms with E-state index < -0.39 is 0 Å². The van der Waals surface area contributed by atoms with E-state index in [4.69, 9.17) is 0 Å². The Morgan fingerprint density at radius 3 is 2.64 bits per heavy atom. The number of para-hydroxylation sites is 1. The fourth-order valence-corrected chi connectivity index (χ4v) is 4.33. The number of hydrogen-bond acceptors (Lipinski definition) is 3. The number of aromatic nitrogens is 2. The first kappa shape index (κ1) is 18.4. The highest BCUT2D eigenvalue weighted by molar-refractivity contribution is 7.14. The molecule has 4 nitrogen and oxygen atoms in total. The van der Waals surface area contributed by atoms with E-state index >= 15 is 0 Å². The van der Waals surface area contributed by atoms with Gasteiger partial charge in [-0.1, -0.05) is 30.3 Å². The molecule has 1 N–H and O–H groups in total. The molecule has 4 aromatic rings. The Bertz CT molecular complexity index is 1190. The van der Waals surface area contributed by atoms with Gasteiger partial charge in [0.15, 0.2) is 5.13 Å². The van der Waals surface area contributed by atoms with Crippen molar-refractivity contribution in [1.29, 1.82) is 0 Å². The van der Waals surface area contributed by atoms with Crippen LogP contribution in [0, 0.1) is 20.8 Å². The van der Waals surface area contributed by atoms with Crippen molar-refractivity contribution in [2.45, 2.75) is 34.2 Å². The maximum Gasteiger partial charge on any atom is 0.274 e. The SMILES string of the molecule is CCn1c(C(=O)Nc2nc(-c3ccc(C)c(C)c3)cs2)c(C)c2ccccc21. The third-order valence-corrected chi connectivity index (χ3v) is 6.04. The summed E-state index contributed by atoms with van der Waals surface area (Å²) in [5.74, 6) is -0.114. The number of carbonyl (C=O) groups is 1. The van der Waals surface area contributed by atoms with Crippen LogP contribution >= 0.6 is 11.3 Å². The summed E-state index contributed by atoms with van der Waals surface area (Å²) < 4.78 is 2.07. The van der Waals surface area contributed by atoms with E-state index in [9.17, 15) is 4.79 Å². The molecule has 0 aliphatic heterocycles. The monoisotopic (exact) mass is 389 g/mol. The third kappa shape index (κ3) is 3.12. The van der Waals surface area contributed by atoms with Crippen LogP contribution in [0.4, 0.5) is 5.13 Å². The van der Waals surface area contributed by atoms with Crippen molar-refractivity contribution in [2.24, 2.45) is 0 Å². The minimum absolute atomic E-state index is 0.114. The zero-order valence-corrected chi connectivity index (χ0v) is 17.4. The van der Waals surface area contributed by atoms with Crippen molar-refractivity contribution in [3.63, 3.8) is 0 Å². The molecule has 4 rings (SSSR count). The number of thiazole rings is 1. The summed E-state index contributed by atoms with van der Waals surface area (Å²) in [6.07, 6.45) is 0. The van der Waals surface area contributed by atoms with E-state index in [1.807, 2.05) is 24.4 Å². The fraction of sp³-hybridized carbons (Fsp3) is 0.217. The zero-order chi connectivity index (χ0) is 19.8. The summed E-state index contributed by atoms with van der Waals surface area (Å²) in [5, 5.41) is 6.72. The molecular weight excluding hydrogens is 366 g/mol. The van der Waals surface area contributed by atoms with Gasteiger partial charge in [-0.15, -0.1) is 11.3 Å². The van der Waals surface area contributed by atoms with E-state index in [2.05, 4.69) is 66.0 Å². The topological polar surface area (TPSA) is 46.9 Å². The molecule has 0 atom stereocenters. The van der Waals surface area contributed by atoms with Crippen LogP contribution in [0.3, 0.4) is 0 Å². The van der Waals surface area contributed by atoms with Crippen LogP contribution in [0.25, 0.3) is 22.2 Å². The number of amides is 1. The summed E-state index contributed by atoms with van der Waals surface area (Å²) >= 11 is 1.45. The molecule has 0 bridgehead atoms. The lowest BCUT2D eigenvalue weighted by atomic mass is 10.1. The van der Waals surface area contributed by atoms with Crippen LogP contribution in [0.2, 0.25) is 0 Å². The summed E-state index contributed by atoms with van der Waals surface area (Å²) in [6, 6.07) is 14.4. The predicted molar refractivity (Wildman–Crippen MR) is 117 cm³/mol. The number of nitrogens with zero attached hydrogens (tertiary/aromatic N) is 2. The van der Waals surface area contributed by atoms with Crippen molar-refractivity contribution in [3.05, 3.63) is 70.2 Å². The van der Waals surface area contributed by atoms with Gasteiger partial charge in [0.25, 0.3) is 5.91 Å². The summed E-state index contributed by atoms with van der Waals surface area (Å²) in [6.45, 7) is 9.00. The van der Waals surface area contributed by atoms with Gasteiger partial charge in [0.05, 0.1) is 5.69 Å².